The van der Waals surface area contributed by atoms with Gasteiger partial charge in [0.25, 0.3) is 0 Å². The van der Waals surface area contributed by atoms with Crippen molar-refractivity contribution in [2.75, 3.05) is 6.61 Å². The van der Waals surface area contributed by atoms with Gasteiger partial charge in [-0.3, -0.25) is 0 Å². The van der Waals surface area contributed by atoms with Crippen molar-refractivity contribution in [2.24, 2.45) is 0 Å². The first kappa shape index (κ1) is 20.6. The molecule has 0 fully saturated rings. The predicted octanol–water partition coefficient (Wildman–Crippen LogP) is 6.22. The maximum Gasteiger partial charge on any atom is 0.339 e. The van der Waals surface area contributed by atoms with Crippen LogP contribution in [0.1, 0.15) is 50.3 Å². The Morgan fingerprint density at radius 3 is 2.45 bits per heavy atom. The largest absolute Gasteiger partial charge is 0.494 e. The zero-order valence-corrected chi connectivity index (χ0v) is 16.8. The molecule has 0 unspecified atom stereocenters. The van der Waals surface area contributed by atoms with Crippen molar-refractivity contribution in [1.82, 2.24) is 4.98 Å². The Bertz CT molecular complexity index is 959. The van der Waals surface area contributed by atoms with Gasteiger partial charge in [0, 0.05) is 11.6 Å². The van der Waals surface area contributed by atoms with Crippen LogP contribution in [0, 0.1) is 0 Å². The molecule has 0 saturated heterocycles. The molecule has 0 spiro atoms. The monoisotopic (exact) mass is 389 g/mol. The molecule has 0 bridgehead atoms. The van der Waals surface area contributed by atoms with Crippen LogP contribution in [-0.4, -0.2) is 11.6 Å². The van der Waals surface area contributed by atoms with Gasteiger partial charge in [0.05, 0.1) is 12.3 Å². The van der Waals surface area contributed by atoms with E-state index in [-0.39, 0.29) is 0 Å². The Hall–Kier alpha value is -3.14. The maximum absolute atomic E-state index is 11.9. The van der Waals surface area contributed by atoms with Gasteiger partial charge in [0.1, 0.15) is 5.75 Å². The van der Waals surface area contributed by atoms with E-state index in [1.807, 2.05) is 66.7 Å². The van der Waals surface area contributed by atoms with E-state index in [0.29, 0.717) is 11.6 Å². The van der Waals surface area contributed by atoms with Gasteiger partial charge in [-0.2, -0.15) is 0 Å². The molecule has 150 valence electrons. The van der Waals surface area contributed by atoms with Crippen molar-refractivity contribution >= 4 is 12.2 Å². The van der Waals surface area contributed by atoms with E-state index in [9.17, 15) is 4.79 Å². The van der Waals surface area contributed by atoms with Crippen LogP contribution in [0.3, 0.4) is 0 Å². The summed E-state index contributed by atoms with van der Waals surface area (Å²) in [4.78, 5) is 16.4. The van der Waals surface area contributed by atoms with E-state index in [2.05, 4.69) is 11.9 Å². The molecule has 4 heteroatoms. The Kier molecular flexibility index (Phi) is 7.81. The van der Waals surface area contributed by atoms with E-state index >= 15 is 0 Å². The molecule has 0 aliphatic carbocycles. The van der Waals surface area contributed by atoms with Crippen molar-refractivity contribution in [2.45, 2.75) is 39.0 Å². The zero-order valence-electron chi connectivity index (χ0n) is 16.8. The Labute approximate surface area is 171 Å². The molecule has 0 amide bonds. The molecular weight excluding hydrogens is 362 g/mol. The molecule has 1 aromatic heterocycles. The third-order valence-electron chi connectivity index (χ3n) is 4.56. The van der Waals surface area contributed by atoms with Gasteiger partial charge in [-0.05, 0) is 42.3 Å². The summed E-state index contributed by atoms with van der Waals surface area (Å²) >= 11 is 0. The molecule has 0 atom stereocenters. The van der Waals surface area contributed by atoms with Crippen LogP contribution in [0.2, 0.25) is 0 Å². The number of hydrogen-bond donors (Lipinski definition) is 0. The second-order valence-electron chi connectivity index (χ2n) is 6.94. The first-order chi connectivity index (χ1) is 14.2. The van der Waals surface area contributed by atoms with Crippen LogP contribution < -0.4 is 10.4 Å². The van der Waals surface area contributed by atoms with Gasteiger partial charge in [0.15, 0.2) is 0 Å². The van der Waals surface area contributed by atoms with Gasteiger partial charge in [-0.25, -0.2) is 9.78 Å². The van der Waals surface area contributed by atoms with E-state index in [1.54, 1.807) is 0 Å². The lowest BCUT2D eigenvalue weighted by molar-refractivity contribution is 0.304. The van der Waals surface area contributed by atoms with Gasteiger partial charge in [0.2, 0.25) is 5.89 Å². The summed E-state index contributed by atoms with van der Waals surface area (Å²) in [6, 6.07) is 18.8. The first-order valence-electron chi connectivity index (χ1n) is 10.2. The number of rotatable bonds is 10. The summed E-state index contributed by atoms with van der Waals surface area (Å²) in [5.41, 5.74) is 1.93. The molecule has 3 rings (SSSR count). The van der Waals surface area contributed by atoms with E-state index < -0.39 is 5.63 Å². The van der Waals surface area contributed by atoms with Crippen LogP contribution in [0.5, 0.6) is 5.75 Å². The molecule has 2 aromatic carbocycles. The number of ether oxygens (including phenoxy) is 1. The second-order valence-corrected chi connectivity index (χ2v) is 6.94. The highest BCUT2D eigenvalue weighted by Crippen LogP contribution is 2.21. The van der Waals surface area contributed by atoms with Crippen LogP contribution in [0.15, 0.2) is 69.9 Å². The average molecular weight is 389 g/mol. The third kappa shape index (κ3) is 6.75. The Morgan fingerprint density at radius 2 is 1.69 bits per heavy atom. The summed E-state index contributed by atoms with van der Waals surface area (Å²) in [7, 11) is 0. The fraction of sp³-hybridized carbons (Fsp3) is 0.280. The second kappa shape index (κ2) is 11.0. The minimum absolute atomic E-state index is 0.302. The number of unbranched alkanes of at least 4 members (excludes halogenated alkanes) is 4. The highest BCUT2D eigenvalue weighted by atomic mass is 16.5. The molecule has 3 aromatic rings. The van der Waals surface area contributed by atoms with Gasteiger partial charge in [-0.15, -0.1) is 0 Å². The van der Waals surface area contributed by atoms with Crippen molar-refractivity contribution < 1.29 is 9.15 Å². The fourth-order valence-electron chi connectivity index (χ4n) is 2.96. The smallest absolute Gasteiger partial charge is 0.339 e. The Morgan fingerprint density at radius 1 is 0.931 bits per heavy atom. The predicted molar refractivity (Wildman–Crippen MR) is 118 cm³/mol. The van der Waals surface area contributed by atoms with Crippen LogP contribution in [0.4, 0.5) is 0 Å². The zero-order chi connectivity index (χ0) is 20.3. The SMILES string of the molecule is CCCCCCCOc1ccc(-c2nc(/C=C/c3ccccc3)cc(=O)o2)cc1. The lowest BCUT2D eigenvalue weighted by Gasteiger charge is -2.07. The lowest BCUT2D eigenvalue weighted by atomic mass is 10.2. The van der Waals surface area contributed by atoms with E-state index in [0.717, 1.165) is 29.9 Å². The molecule has 0 aliphatic rings. The molecule has 0 saturated carbocycles. The minimum Gasteiger partial charge on any atom is -0.494 e. The van der Waals surface area contributed by atoms with Crippen molar-refractivity contribution in [1.29, 1.82) is 0 Å². The first-order valence-corrected chi connectivity index (χ1v) is 10.2. The minimum atomic E-state index is -0.421. The molecule has 0 aliphatic heterocycles. The van der Waals surface area contributed by atoms with Crippen LogP contribution >= 0.6 is 0 Å². The number of hydrogen-bond acceptors (Lipinski definition) is 4. The van der Waals surface area contributed by atoms with Gasteiger partial charge < -0.3 is 9.15 Å². The number of benzene rings is 2. The van der Waals surface area contributed by atoms with Crippen LogP contribution in [-0.2, 0) is 0 Å². The van der Waals surface area contributed by atoms with E-state index in [4.69, 9.17) is 9.15 Å². The maximum atomic E-state index is 11.9. The summed E-state index contributed by atoms with van der Waals surface area (Å²) in [5.74, 6) is 1.11. The van der Waals surface area contributed by atoms with Crippen molar-refractivity contribution in [3.8, 4) is 17.2 Å². The van der Waals surface area contributed by atoms with Crippen LogP contribution in [0.25, 0.3) is 23.6 Å². The molecule has 0 radical (unpaired) electrons. The number of aromatic nitrogens is 1. The lowest BCUT2D eigenvalue weighted by Crippen LogP contribution is -2.02. The molecule has 1 heterocycles. The fourth-order valence-corrected chi connectivity index (χ4v) is 2.96. The summed E-state index contributed by atoms with van der Waals surface area (Å²) in [5, 5.41) is 0. The topological polar surface area (TPSA) is 52.3 Å². The summed E-state index contributed by atoms with van der Waals surface area (Å²) in [6.45, 7) is 2.93. The standard InChI is InChI=1S/C25H27NO3/c1-2-3-4-5-9-18-28-23-16-13-21(14-17-23)25-26-22(19-24(27)29-25)15-12-20-10-7-6-8-11-20/h6-8,10-17,19H,2-5,9,18H2,1H3/b15-12+. The van der Waals surface area contributed by atoms with Gasteiger partial charge in [-0.1, -0.05) is 69.0 Å². The Balaban J connectivity index is 1.63. The normalized spacial score (nSPS) is 11.1. The van der Waals surface area contributed by atoms with Crippen molar-refractivity contribution in [3.05, 3.63) is 82.3 Å². The van der Waals surface area contributed by atoms with E-state index in [1.165, 1.54) is 31.7 Å². The quantitative estimate of drug-likeness (QED) is 0.386. The molecule has 4 nitrogen and oxygen atoms in total. The van der Waals surface area contributed by atoms with Crippen molar-refractivity contribution in [3.63, 3.8) is 0 Å². The summed E-state index contributed by atoms with van der Waals surface area (Å²) < 4.78 is 11.1. The summed E-state index contributed by atoms with van der Waals surface area (Å²) in [6.07, 6.45) is 9.79. The molecular formula is C25H27NO3. The average Bonchev–Trinajstić information content (AvgIpc) is 2.75. The third-order valence-corrected chi connectivity index (χ3v) is 4.56. The van der Waals surface area contributed by atoms with Gasteiger partial charge >= 0.3 is 5.63 Å². The highest BCUT2D eigenvalue weighted by Gasteiger charge is 2.06. The highest BCUT2D eigenvalue weighted by molar-refractivity contribution is 5.68. The number of nitrogens with zero attached hydrogens (tertiary/aromatic N) is 1. The molecule has 29 heavy (non-hydrogen) atoms. The molecule has 0 N–H and O–H groups in total.